The lowest BCUT2D eigenvalue weighted by molar-refractivity contribution is -0.126. The van der Waals surface area contributed by atoms with Crippen molar-refractivity contribution in [2.75, 3.05) is 46.6 Å². The third-order valence-corrected chi connectivity index (χ3v) is 3.33. The van der Waals surface area contributed by atoms with Crippen LogP contribution >= 0.6 is 0 Å². The number of hydrogen-bond acceptors (Lipinski definition) is 5. The molecule has 0 aromatic carbocycles. The molecule has 0 saturated carbocycles. The Morgan fingerprint density at radius 1 is 1.35 bits per heavy atom. The maximum atomic E-state index is 11.6. The molecule has 0 aromatic heterocycles. The van der Waals surface area contributed by atoms with Crippen molar-refractivity contribution in [1.82, 2.24) is 10.2 Å². The molecule has 0 aromatic rings. The van der Waals surface area contributed by atoms with Gasteiger partial charge in [-0.3, -0.25) is 9.69 Å². The highest BCUT2D eigenvalue weighted by atomic mass is 16.5. The molecule has 118 valence electrons. The van der Waals surface area contributed by atoms with E-state index in [4.69, 9.17) is 14.2 Å². The average Bonchev–Trinajstić information content (AvgIpc) is 2.40. The highest BCUT2D eigenvalue weighted by Crippen LogP contribution is 2.13. The Balaban J connectivity index is 2.18. The van der Waals surface area contributed by atoms with Crippen molar-refractivity contribution in [2.24, 2.45) is 0 Å². The van der Waals surface area contributed by atoms with Crippen LogP contribution in [0, 0.1) is 0 Å². The molecule has 1 rings (SSSR count). The number of nitrogens with zero attached hydrogens (tertiary/aromatic N) is 1. The first-order valence-electron chi connectivity index (χ1n) is 7.25. The smallest absolute Gasteiger partial charge is 0.246 e. The van der Waals surface area contributed by atoms with Crippen LogP contribution in [-0.4, -0.2) is 75.6 Å². The van der Waals surface area contributed by atoms with Crippen molar-refractivity contribution in [2.45, 2.75) is 39.0 Å². The lowest BCUT2D eigenvalue weighted by atomic mass is 10.2. The minimum atomic E-state index is -0.0812. The molecule has 1 N–H and O–H groups in total. The Bertz CT molecular complexity index is 278. The second-order valence-corrected chi connectivity index (χ2v) is 5.41. The summed E-state index contributed by atoms with van der Waals surface area (Å²) >= 11 is 0. The molecule has 1 aliphatic rings. The summed E-state index contributed by atoms with van der Waals surface area (Å²) in [6.45, 7) is 9.77. The summed E-state index contributed by atoms with van der Waals surface area (Å²) < 4.78 is 15.7. The van der Waals surface area contributed by atoms with Crippen molar-refractivity contribution >= 4 is 5.91 Å². The Morgan fingerprint density at radius 2 is 2.00 bits per heavy atom. The lowest BCUT2D eigenvalue weighted by Gasteiger charge is -2.38. The first kappa shape index (κ1) is 17.4. The summed E-state index contributed by atoms with van der Waals surface area (Å²) in [6, 6.07) is 0.298. The van der Waals surface area contributed by atoms with Crippen LogP contribution < -0.4 is 5.32 Å². The van der Waals surface area contributed by atoms with E-state index in [0.29, 0.717) is 25.8 Å². The summed E-state index contributed by atoms with van der Waals surface area (Å²) in [5.41, 5.74) is 0. The summed E-state index contributed by atoms with van der Waals surface area (Å²) in [5, 5.41) is 2.90. The average molecular weight is 288 g/mol. The monoisotopic (exact) mass is 288 g/mol. The molecule has 1 amide bonds. The van der Waals surface area contributed by atoms with Crippen molar-refractivity contribution in [1.29, 1.82) is 0 Å². The van der Waals surface area contributed by atoms with Gasteiger partial charge in [0.2, 0.25) is 5.91 Å². The molecule has 20 heavy (non-hydrogen) atoms. The highest BCUT2D eigenvalue weighted by Gasteiger charge is 2.25. The van der Waals surface area contributed by atoms with Crippen molar-refractivity contribution in [3.63, 3.8) is 0 Å². The minimum absolute atomic E-state index is 0.0812. The molecule has 1 heterocycles. The molecule has 6 nitrogen and oxygen atoms in total. The standard InChI is InChI=1S/C14H28N2O4/c1-11(16-8-12(2)20-13(3)9-16)7-15-14(17)10-19-6-5-18-4/h11-13H,5-10H2,1-4H3,(H,15,17)/t11-,12-,13-/m0/s1. The molecular weight excluding hydrogens is 260 g/mol. The molecule has 3 atom stereocenters. The van der Waals surface area contributed by atoms with E-state index in [2.05, 4.69) is 31.0 Å². The maximum absolute atomic E-state index is 11.6. The summed E-state index contributed by atoms with van der Waals surface area (Å²) in [5.74, 6) is -0.0812. The third kappa shape index (κ3) is 6.65. The van der Waals surface area contributed by atoms with E-state index in [1.807, 2.05) is 0 Å². The van der Waals surface area contributed by atoms with Crippen molar-refractivity contribution in [3.8, 4) is 0 Å². The van der Waals surface area contributed by atoms with Gasteiger partial charge in [0.25, 0.3) is 0 Å². The van der Waals surface area contributed by atoms with Crippen LogP contribution in [-0.2, 0) is 19.0 Å². The van der Waals surface area contributed by atoms with Gasteiger partial charge in [0, 0.05) is 32.8 Å². The van der Waals surface area contributed by atoms with Gasteiger partial charge in [-0.15, -0.1) is 0 Å². The van der Waals surface area contributed by atoms with E-state index in [0.717, 1.165) is 13.1 Å². The molecule has 0 aliphatic carbocycles. The normalized spacial score (nSPS) is 25.4. The quantitative estimate of drug-likeness (QED) is 0.649. The third-order valence-electron chi connectivity index (χ3n) is 3.33. The van der Waals surface area contributed by atoms with Gasteiger partial charge in [-0.25, -0.2) is 0 Å². The lowest BCUT2D eigenvalue weighted by Crippen LogP contribution is -2.52. The maximum Gasteiger partial charge on any atom is 0.246 e. The number of morpholine rings is 1. The molecule has 0 radical (unpaired) electrons. The number of ether oxygens (including phenoxy) is 3. The molecule has 1 saturated heterocycles. The van der Waals surface area contributed by atoms with Crippen LogP contribution in [0.1, 0.15) is 20.8 Å². The number of nitrogens with one attached hydrogen (secondary N) is 1. The Morgan fingerprint density at radius 3 is 2.60 bits per heavy atom. The summed E-state index contributed by atoms with van der Waals surface area (Å²) in [6.07, 6.45) is 0.489. The van der Waals surface area contributed by atoms with E-state index < -0.39 is 0 Å². The molecular formula is C14H28N2O4. The van der Waals surface area contributed by atoms with Crippen LogP contribution in [0.4, 0.5) is 0 Å². The molecule has 0 unspecified atom stereocenters. The van der Waals surface area contributed by atoms with E-state index in [1.54, 1.807) is 7.11 Å². The van der Waals surface area contributed by atoms with Gasteiger partial charge in [0.05, 0.1) is 25.4 Å². The minimum Gasteiger partial charge on any atom is -0.382 e. The molecule has 6 heteroatoms. The molecule has 0 spiro atoms. The topological polar surface area (TPSA) is 60.0 Å². The fourth-order valence-electron chi connectivity index (χ4n) is 2.33. The Labute approximate surface area is 121 Å². The van der Waals surface area contributed by atoms with Crippen LogP contribution in [0.2, 0.25) is 0 Å². The first-order chi connectivity index (χ1) is 9.52. The molecule has 1 fully saturated rings. The summed E-state index contributed by atoms with van der Waals surface area (Å²) in [4.78, 5) is 14.0. The number of amides is 1. The second kappa shape index (κ2) is 9.28. The van der Waals surface area contributed by atoms with E-state index in [9.17, 15) is 4.79 Å². The fourth-order valence-corrected chi connectivity index (χ4v) is 2.33. The second-order valence-electron chi connectivity index (χ2n) is 5.41. The van der Waals surface area contributed by atoms with Crippen LogP contribution in [0.15, 0.2) is 0 Å². The van der Waals surface area contributed by atoms with Crippen molar-refractivity contribution < 1.29 is 19.0 Å². The first-order valence-corrected chi connectivity index (χ1v) is 7.25. The number of methoxy groups -OCH3 is 1. The van der Waals surface area contributed by atoms with E-state index >= 15 is 0 Å². The van der Waals surface area contributed by atoms with Gasteiger partial charge in [-0.2, -0.15) is 0 Å². The van der Waals surface area contributed by atoms with Gasteiger partial charge < -0.3 is 19.5 Å². The number of hydrogen-bond donors (Lipinski definition) is 1. The van der Waals surface area contributed by atoms with Gasteiger partial charge in [-0.05, 0) is 20.8 Å². The largest absolute Gasteiger partial charge is 0.382 e. The SMILES string of the molecule is COCCOCC(=O)NC[C@H](C)N1C[C@H](C)O[C@@H](C)C1. The molecule has 1 aliphatic heterocycles. The van der Waals surface area contributed by atoms with Crippen LogP contribution in [0.5, 0.6) is 0 Å². The highest BCUT2D eigenvalue weighted by molar-refractivity contribution is 5.77. The van der Waals surface area contributed by atoms with E-state index in [-0.39, 0.29) is 24.7 Å². The van der Waals surface area contributed by atoms with E-state index in [1.165, 1.54) is 0 Å². The zero-order valence-electron chi connectivity index (χ0n) is 13.1. The van der Waals surface area contributed by atoms with Crippen molar-refractivity contribution in [3.05, 3.63) is 0 Å². The predicted octanol–water partition coefficient (Wildman–Crippen LogP) is 0.263. The van der Waals surface area contributed by atoms with Gasteiger partial charge in [0.1, 0.15) is 6.61 Å². The fraction of sp³-hybridized carbons (Fsp3) is 0.929. The Hall–Kier alpha value is -0.690. The zero-order valence-corrected chi connectivity index (χ0v) is 13.1. The van der Waals surface area contributed by atoms with Gasteiger partial charge >= 0.3 is 0 Å². The number of carbonyl (C=O) groups is 1. The predicted molar refractivity (Wildman–Crippen MR) is 76.7 cm³/mol. The number of rotatable bonds is 8. The number of carbonyl (C=O) groups excluding carboxylic acids is 1. The van der Waals surface area contributed by atoms with Crippen LogP contribution in [0.25, 0.3) is 0 Å². The zero-order chi connectivity index (χ0) is 15.0. The Kier molecular flexibility index (Phi) is 8.06. The van der Waals surface area contributed by atoms with Crippen LogP contribution in [0.3, 0.4) is 0 Å². The van der Waals surface area contributed by atoms with Gasteiger partial charge in [-0.1, -0.05) is 0 Å². The summed E-state index contributed by atoms with van der Waals surface area (Å²) in [7, 11) is 1.61. The molecule has 0 bridgehead atoms. The van der Waals surface area contributed by atoms with Gasteiger partial charge in [0.15, 0.2) is 0 Å².